The summed E-state index contributed by atoms with van der Waals surface area (Å²) in [5.41, 5.74) is 6.08. The quantitative estimate of drug-likeness (QED) is 0.496. The minimum absolute atomic E-state index is 0.127. The number of aliphatic hydroxyl groups is 1. The van der Waals surface area contributed by atoms with Crippen LogP contribution in [0.4, 0.5) is 0 Å². The summed E-state index contributed by atoms with van der Waals surface area (Å²) in [6.07, 6.45) is 0.857. The molecule has 0 aromatic carbocycles. The largest absolute Gasteiger partial charge is 0.394 e. The van der Waals surface area contributed by atoms with Crippen LogP contribution in [0.1, 0.15) is 18.2 Å². The number of aryl methyl sites for hydroxylation is 1. The summed E-state index contributed by atoms with van der Waals surface area (Å²) in [6.45, 7) is 1.65. The standard InChI is InChI=1S/C11H15N5O4/c1-6-4-16(11(19)14-10(6)18)9-2-7(3-13-15-12)8(5-17)20-9/h4,7-9,12,17H,2-3,5H2,1H3/p+1/t7-,8-,9-/m1/s1. The molecule has 0 saturated carbocycles. The lowest BCUT2D eigenvalue weighted by Gasteiger charge is -2.14. The van der Waals surface area contributed by atoms with Crippen molar-refractivity contribution >= 4 is 0 Å². The van der Waals surface area contributed by atoms with Crippen LogP contribution in [0.2, 0.25) is 0 Å². The molecule has 0 bridgehead atoms. The fourth-order valence-corrected chi connectivity index (χ4v) is 2.29. The van der Waals surface area contributed by atoms with Crippen LogP contribution in [0.15, 0.2) is 20.9 Å². The van der Waals surface area contributed by atoms with Gasteiger partial charge in [-0.3, -0.25) is 14.3 Å². The minimum Gasteiger partial charge on any atom is -0.394 e. The third-order valence-corrected chi connectivity index (χ3v) is 3.38. The van der Waals surface area contributed by atoms with Crippen molar-refractivity contribution in [1.82, 2.24) is 14.5 Å². The van der Waals surface area contributed by atoms with Gasteiger partial charge in [0, 0.05) is 24.1 Å². The van der Waals surface area contributed by atoms with Crippen LogP contribution in [0.3, 0.4) is 0 Å². The Labute approximate surface area is 113 Å². The average molecular weight is 282 g/mol. The zero-order valence-corrected chi connectivity index (χ0v) is 10.9. The predicted octanol–water partition coefficient (Wildman–Crippen LogP) is -0.709. The van der Waals surface area contributed by atoms with Gasteiger partial charge in [0.15, 0.2) is 0 Å². The van der Waals surface area contributed by atoms with Crippen molar-refractivity contribution in [2.75, 3.05) is 13.2 Å². The van der Waals surface area contributed by atoms with Gasteiger partial charge in [-0.25, -0.2) is 4.79 Å². The van der Waals surface area contributed by atoms with Gasteiger partial charge in [-0.15, -0.1) is 0 Å². The molecule has 108 valence electrons. The lowest BCUT2D eigenvalue weighted by molar-refractivity contribution is -0.0320. The van der Waals surface area contributed by atoms with Crippen LogP contribution in [-0.2, 0) is 4.74 Å². The predicted molar refractivity (Wildman–Crippen MR) is 67.3 cm³/mol. The van der Waals surface area contributed by atoms with E-state index in [4.69, 9.17) is 10.3 Å². The number of hydrogen-bond donors (Lipinski definition) is 3. The molecule has 3 atom stereocenters. The Bertz CT molecular complexity index is 645. The Balaban J connectivity index is 2.27. The highest BCUT2D eigenvalue weighted by Crippen LogP contribution is 2.32. The van der Waals surface area contributed by atoms with E-state index in [-0.39, 0.29) is 19.1 Å². The van der Waals surface area contributed by atoms with E-state index >= 15 is 0 Å². The molecule has 0 aliphatic carbocycles. The second kappa shape index (κ2) is 5.91. The van der Waals surface area contributed by atoms with Crippen molar-refractivity contribution in [2.24, 2.45) is 11.0 Å². The van der Waals surface area contributed by atoms with E-state index in [1.807, 2.05) is 0 Å². The topological polar surface area (TPSA) is 135 Å². The molecule has 9 heteroatoms. The zero-order valence-electron chi connectivity index (χ0n) is 10.9. The summed E-state index contributed by atoms with van der Waals surface area (Å²) in [4.78, 5) is 28.3. The van der Waals surface area contributed by atoms with Crippen LogP contribution in [-0.4, -0.2) is 33.9 Å². The number of aromatic amines is 1. The van der Waals surface area contributed by atoms with E-state index in [0.29, 0.717) is 12.0 Å². The number of hydrogen-bond acceptors (Lipinski definition) is 6. The third-order valence-electron chi connectivity index (χ3n) is 3.38. The molecule has 1 aliphatic heterocycles. The van der Waals surface area contributed by atoms with Crippen LogP contribution in [0.25, 0.3) is 0 Å². The molecule has 1 saturated heterocycles. The molecule has 0 amide bonds. The molecule has 0 spiro atoms. The number of nitrogens with one attached hydrogen (secondary N) is 2. The maximum atomic E-state index is 11.8. The Kier molecular flexibility index (Phi) is 4.23. The molecule has 1 aliphatic rings. The number of aromatic nitrogens is 2. The van der Waals surface area contributed by atoms with Crippen molar-refractivity contribution in [1.29, 1.82) is 5.53 Å². The molecule has 0 unspecified atom stereocenters. The van der Waals surface area contributed by atoms with Gasteiger partial charge in [-0.1, -0.05) is 0 Å². The smallest absolute Gasteiger partial charge is 0.330 e. The van der Waals surface area contributed by atoms with Gasteiger partial charge in [-0.05, 0) is 6.92 Å². The number of H-pyrrole nitrogens is 1. The molecule has 3 N–H and O–H groups in total. The van der Waals surface area contributed by atoms with Gasteiger partial charge >= 0.3 is 5.69 Å². The van der Waals surface area contributed by atoms with Crippen LogP contribution < -0.4 is 16.2 Å². The highest BCUT2D eigenvalue weighted by atomic mass is 16.5. The first kappa shape index (κ1) is 14.3. The fourth-order valence-electron chi connectivity index (χ4n) is 2.29. The van der Waals surface area contributed by atoms with Crippen molar-refractivity contribution in [3.05, 3.63) is 32.6 Å². The van der Waals surface area contributed by atoms with E-state index in [9.17, 15) is 14.7 Å². The van der Waals surface area contributed by atoms with Crippen LogP contribution in [0.5, 0.6) is 0 Å². The Morgan fingerprint density at radius 1 is 1.65 bits per heavy atom. The number of nitrogens with zero attached hydrogens (tertiary/aromatic N) is 3. The van der Waals surface area contributed by atoms with Crippen LogP contribution in [0, 0.1) is 18.4 Å². The Hall–Kier alpha value is -2.09. The highest BCUT2D eigenvalue weighted by Gasteiger charge is 2.37. The first-order valence-electron chi connectivity index (χ1n) is 6.18. The van der Waals surface area contributed by atoms with Crippen molar-refractivity contribution in [3.63, 3.8) is 0 Å². The number of aliphatic hydroxyl groups excluding tert-OH is 1. The monoisotopic (exact) mass is 282 g/mol. The SMILES string of the molecule is Cc1cn([C@H]2C[C@H](CN=[N+]=N)[C@@H](CO)O2)c(=O)[nH]c1=O. The van der Waals surface area contributed by atoms with Gasteiger partial charge < -0.3 is 9.84 Å². The van der Waals surface area contributed by atoms with E-state index < -0.39 is 23.6 Å². The summed E-state index contributed by atoms with van der Waals surface area (Å²) in [7, 11) is 0. The van der Waals surface area contributed by atoms with Crippen molar-refractivity contribution in [3.8, 4) is 0 Å². The van der Waals surface area contributed by atoms with Crippen LogP contribution >= 0.6 is 0 Å². The normalized spacial score (nSPS) is 25.4. The van der Waals surface area contributed by atoms with Crippen molar-refractivity contribution < 1.29 is 9.84 Å². The van der Waals surface area contributed by atoms with Gasteiger partial charge in [0.25, 0.3) is 5.56 Å². The summed E-state index contributed by atoms with van der Waals surface area (Å²) >= 11 is 0. The number of ether oxygens (including phenoxy) is 1. The maximum Gasteiger partial charge on any atom is 0.330 e. The summed E-state index contributed by atoms with van der Waals surface area (Å²) < 4.78 is 6.91. The van der Waals surface area contributed by atoms with Gasteiger partial charge in [0.1, 0.15) is 23.4 Å². The minimum atomic E-state index is -0.568. The molecule has 1 aromatic heterocycles. The molecule has 2 heterocycles. The Morgan fingerprint density at radius 2 is 2.40 bits per heavy atom. The summed E-state index contributed by atoms with van der Waals surface area (Å²) in [5.74, 6) is -0.127. The molecule has 9 nitrogen and oxygen atoms in total. The zero-order chi connectivity index (χ0) is 14.7. The first-order chi connectivity index (χ1) is 9.56. The first-order valence-corrected chi connectivity index (χ1v) is 6.18. The van der Waals surface area contributed by atoms with E-state index in [2.05, 4.69) is 15.0 Å². The Morgan fingerprint density at radius 3 is 3.05 bits per heavy atom. The third kappa shape index (κ3) is 2.74. The molecule has 1 fully saturated rings. The molecule has 2 rings (SSSR count). The molecule has 0 radical (unpaired) electrons. The molecule has 20 heavy (non-hydrogen) atoms. The van der Waals surface area contributed by atoms with E-state index in [0.717, 1.165) is 0 Å². The number of rotatable bonds is 4. The van der Waals surface area contributed by atoms with E-state index in [1.54, 1.807) is 6.92 Å². The summed E-state index contributed by atoms with van der Waals surface area (Å²) in [6, 6.07) is 0. The van der Waals surface area contributed by atoms with Crippen molar-refractivity contribution in [2.45, 2.75) is 25.7 Å². The average Bonchev–Trinajstić information content (AvgIpc) is 2.83. The van der Waals surface area contributed by atoms with E-state index in [1.165, 1.54) is 10.8 Å². The van der Waals surface area contributed by atoms with Gasteiger partial charge in [0.05, 0.1) is 12.7 Å². The lowest BCUT2D eigenvalue weighted by atomic mass is 10.0. The second-order valence-electron chi connectivity index (χ2n) is 4.71. The summed E-state index contributed by atoms with van der Waals surface area (Å²) in [5, 5.41) is 12.9. The molecular weight excluding hydrogens is 266 g/mol. The second-order valence-corrected chi connectivity index (χ2v) is 4.71. The van der Waals surface area contributed by atoms with Gasteiger partial charge in [-0.2, -0.15) is 0 Å². The maximum absolute atomic E-state index is 11.8. The fraction of sp³-hybridized carbons (Fsp3) is 0.636. The lowest BCUT2D eigenvalue weighted by Crippen LogP contribution is -2.33. The molecular formula is C11H16N5O4+. The molecule has 1 aromatic rings. The van der Waals surface area contributed by atoms with Gasteiger partial charge in [0.2, 0.25) is 4.91 Å². The highest BCUT2D eigenvalue weighted by molar-refractivity contribution is 5.02.